The molecule has 4 aliphatic rings. The van der Waals surface area contributed by atoms with Crippen molar-refractivity contribution in [2.45, 2.75) is 26.9 Å². The van der Waals surface area contributed by atoms with Crippen LogP contribution < -0.4 is 0 Å². The van der Waals surface area contributed by atoms with Gasteiger partial charge in [0.2, 0.25) is 0 Å². The van der Waals surface area contributed by atoms with Crippen molar-refractivity contribution in [3.63, 3.8) is 0 Å². The van der Waals surface area contributed by atoms with E-state index in [1.807, 2.05) is 6.20 Å². The molecule has 0 unspecified atom stereocenters. The monoisotopic (exact) mass is 468 g/mol. The largest absolute Gasteiger partial charge is 0.256 e. The van der Waals surface area contributed by atoms with Crippen LogP contribution in [0.5, 0.6) is 0 Å². The summed E-state index contributed by atoms with van der Waals surface area (Å²) in [6, 6.07) is 21.6. The summed E-state index contributed by atoms with van der Waals surface area (Å²) in [5.74, 6) is 0. The van der Waals surface area contributed by atoms with Crippen molar-refractivity contribution in [2.24, 2.45) is 4.99 Å². The molecule has 3 aromatic carbocycles. The number of nitrogens with zero attached hydrogens (tertiary/aromatic N) is 1. The number of rotatable bonds is 1. The second kappa shape index (κ2) is 7.38. The summed E-state index contributed by atoms with van der Waals surface area (Å²) >= 11 is 0. The first kappa shape index (κ1) is 20.3. The molecular weight excluding hydrogens is 446 g/mol. The molecule has 1 nitrogen and oxygen atoms in total. The Balaban J connectivity index is 0.000000141. The third-order valence-corrected chi connectivity index (χ3v) is 9.94. The SMILES string of the molecule is CC1=C2C3=NC=CC3=C1[Si]2(C)C.Cc1cc2c(-c3ccccc3)cccc2[cH-]1.[Zr]. The average Bonchev–Trinajstić information content (AvgIpc) is 3.38. The van der Waals surface area contributed by atoms with Gasteiger partial charge in [0.15, 0.2) is 0 Å². The van der Waals surface area contributed by atoms with E-state index in [1.54, 1.807) is 10.4 Å². The van der Waals surface area contributed by atoms with Gasteiger partial charge in [-0.05, 0) is 34.5 Å². The molecular formula is C26H24NSiZr-. The van der Waals surface area contributed by atoms with Crippen LogP contribution in [-0.2, 0) is 26.2 Å². The van der Waals surface area contributed by atoms with Crippen LogP contribution in [0.3, 0.4) is 0 Å². The minimum atomic E-state index is -1.13. The number of hydrogen-bond donors (Lipinski definition) is 0. The summed E-state index contributed by atoms with van der Waals surface area (Å²) in [6.45, 7) is 9.23. The maximum atomic E-state index is 4.42. The number of aliphatic imine (C=N–C) groups is 1. The van der Waals surface area contributed by atoms with Gasteiger partial charge in [0, 0.05) is 38.0 Å². The van der Waals surface area contributed by atoms with Crippen molar-refractivity contribution < 1.29 is 26.2 Å². The van der Waals surface area contributed by atoms with E-state index < -0.39 is 8.07 Å². The zero-order valence-electron chi connectivity index (χ0n) is 17.4. The van der Waals surface area contributed by atoms with Gasteiger partial charge in [0.1, 0.15) is 8.07 Å². The summed E-state index contributed by atoms with van der Waals surface area (Å²) in [7, 11) is -1.13. The third kappa shape index (κ3) is 3.07. The van der Waals surface area contributed by atoms with E-state index in [-0.39, 0.29) is 26.2 Å². The van der Waals surface area contributed by atoms with E-state index >= 15 is 0 Å². The molecule has 0 spiro atoms. The molecule has 3 heteroatoms. The van der Waals surface area contributed by atoms with Crippen molar-refractivity contribution in [3.05, 3.63) is 100 Å². The second-order valence-electron chi connectivity index (χ2n) is 8.41. The Morgan fingerprint density at radius 2 is 1.66 bits per heavy atom. The van der Waals surface area contributed by atoms with Gasteiger partial charge < -0.3 is 0 Å². The number of fused-ring (bicyclic) bond motifs is 1. The molecule has 1 aliphatic carbocycles. The van der Waals surface area contributed by atoms with Gasteiger partial charge in [-0.1, -0.05) is 62.0 Å². The Kier molecular flexibility index (Phi) is 5.17. The van der Waals surface area contributed by atoms with Gasteiger partial charge in [-0.3, -0.25) is 4.99 Å². The van der Waals surface area contributed by atoms with E-state index in [1.165, 1.54) is 44.3 Å². The average molecular weight is 470 g/mol. The predicted molar refractivity (Wildman–Crippen MR) is 123 cm³/mol. The topological polar surface area (TPSA) is 12.4 Å². The molecule has 0 atom stereocenters. The Bertz CT molecular complexity index is 1240. The molecule has 0 N–H and O–H groups in total. The summed E-state index contributed by atoms with van der Waals surface area (Å²) in [4.78, 5) is 4.42. The predicted octanol–water partition coefficient (Wildman–Crippen LogP) is 6.91. The molecule has 3 aromatic rings. The van der Waals surface area contributed by atoms with Gasteiger partial charge in [-0.15, -0.1) is 34.5 Å². The Morgan fingerprint density at radius 3 is 2.34 bits per heavy atom. The number of hydrogen-bond acceptors (Lipinski definition) is 1. The van der Waals surface area contributed by atoms with E-state index in [0.29, 0.717) is 0 Å². The van der Waals surface area contributed by atoms with Crippen molar-refractivity contribution >= 4 is 24.6 Å². The van der Waals surface area contributed by atoms with Crippen LogP contribution in [0.2, 0.25) is 13.1 Å². The summed E-state index contributed by atoms with van der Waals surface area (Å²) in [5.41, 5.74) is 8.23. The molecule has 3 aliphatic heterocycles. The molecule has 7 rings (SSSR count). The van der Waals surface area contributed by atoms with Crippen LogP contribution in [0.25, 0.3) is 21.9 Å². The van der Waals surface area contributed by atoms with Crippen LogP contribution in [0.1, 0.15) is 12.5 Å². The molecule has 142 valence electrons. The van der Waals surface area contributed by atoms with Gasteiger partial charge in [-0.25, -0.2) is 0 Å². The second-order valence-corrected chi connectivity index (χ2v) is 12.7. The van der Waals surface area contributed by atoms with E-state index in [9.17, 15) is 0 Å². The first-order valence-electron chi connectivity index (χ1n) is 9.91. The molecule has 0 radical (unpaired) electrons. The van der Waals surface area contributed by atoms with Crippen molar-refractivity contribution in [3.8, 4) is 11.1 Å². The molecule has 3 heterocycles. The van der Waals surface area contributed by atoms with Gasteiger partial charge in [0.25, 0.3) is 0 Å². The van der Waals surface area contributed by atoms with Crippen LogP contribution in [0.15, 0.2) is 99.5 Å². The Morgan fingerprint density at radius 1 is 0.897 bits per heavy atom. The smallest absolute Gasteiger partial charge is 0.116 e. The maximum absolute atomic E-state index is 4.42. The summed E-state index contributed by atoms with van der Waals surface area (Å²) in [6.07, 6.45) is 4.10. The summed E-state index contributed by atoms with van der Waals surface area (Å²) < 4.78 is 0. The number of aryl methyl sites for hydroxylation is 1. The normalized spacial score (nSPS) is 17.4. The van der Waals surface area contributed by atoms with Crippen LogP contribution >= 0.6 is 0 Å². The molecule has 0 aromatic heterocycles. The first-order valence-corrected chi connectivity index (χ1v) is 12.9. The molecule has 0 saturated heterocycles. The fourth-order valence-electron chi connectivity index (χ4n) is 5.13. The van der Waals surface area contributed by atoms with Crippen molar-refractivity contribution in [2.75, 3.05) is 0 Å². The van der Waals surface area contributed by atoms with E-state index in [4.69, 9.17) is 0 Å². The van der Waals surface area contributed by atoms with Crippen molar-refractivity contribution in [1.82, 2.24) is 0 Å². The quantitative estimate of drug-likeness (QED) is 0.271. The minimum absolute atomic E-state index is 0. The van der Waals surface area contributed by atoms with Gasteiger partial charge in [0.05, 0.1) is 5.71 Å². The van der Waals surface area contributed by atoms with Crippen LogP contribution in [0, 0.1) is 6.92 Å². The molecule has 29 heavy (non-hydrogen) atoms. The maximum Gasteiger partial charge on any atom is 0.116 e. The molecule has 0 fully saturated rings. The minimum Gasteiger partial charge on any atom is -0.256 e. The summed E-state index contributed by atoms with van der Waals surface area (Å²) in [5, 5.41) is 5.95. The van der Waals surface area contributed by atoms with E-state index in [2.05, 4.69) is 98.7 Å². The van der Waals surface area contributed by atoms with Crippen LogP contribution in [-0.4, -0.2) is 13.8 Å². The zero-order valence-corrected chi connectivity index (χ0v) is 20.8. The first-order chi connectivity index (χ1) is 13.5. The van der Waals surface area contributed by atoms with Crippen molar-refractivity contribution in [1.29, 1.82) is 0 Å². The Labute approximate surface area is 193 Å². The Hall–Kier alpha value is -1.96. The molecule has 0 saturated carbocycles. The van der Waals surface area contributed by atoms with Crippen LogP contribution in [0.4, 0.5) is 0 Å². The standard InChI is InChI=1S/C16H13.C10H11NSi.Zr/c1-12-10-14-8-5-9-15(16(14)11-12)13-6-3-2-4-7-13;1-6-9-7-4-5-11-8(7)10(6)12(9,2)3;/h2-11H,1H3;4-5H,1-3H3;/q-1;;. The third-order valence-electron chi connectivity index (χ3n) is 6.19. The fourth-order valence-corrected chi connectivity index (χ4v) is 8.98. The van der Waals surface area contributed by atoms with E-state index in [0.717, 1.165) is 0 Å². The molecule has 2 bridgehead atoms. The van der Waals surface area contributed by atoms with Gasteiger partial charge in [-0.2, -0.15) is 6.07 Å². The molecule has 0 amide bonds. The fraction of sp³-hybridized carbons (Fsp3) is 0.154. The van der Waals surface area contributed by atoms with Gasteiger partial charge >= 0.3 is 0 Å². The number of allylic oxidation sites excluding steroid dienone is 5. The zero-order chi connectivity index (χ0) is 19.5. The number of benzene rings is 2.